The van der Waals surface area contributed by atoms with Gasteiger partial charge < -0.3 is 9.47 Å². The van der Waals surface area contributed by atoms with Crippen LogP contribution in [0.3, 0.4) is 0 Å². The van der Waals surface area contributed by atoms with Crippen molar-refractivity contribution in [1.82, 2.24) is 0 Å². The Morgan fingerprint density at radius 2 is 1.46 bits per heavy atom. The topological polar surface area (TPSA) is 38.8 Å². The molecule has 3 heteroatoms. The summed E-state index contributed by atoms with van der Waals surface area (Å²) in [6, 6.07) is 0. The summed E-state index contributed by atoms with van der Waals surface area (Å²) in [6.07, 6.45) is 14.0. The lowest BCUT2D eigenvalue weighted by Crippen LogP contribution is -2.08. The highest BCUT2D eigenvalue weighted by molar-refractivity contribution is 5.69. The summed E-state index contributed by atoms with van der Waals surface area (Å²) in [5.74, 6) is -0.113. The molecule has 0 radical (unpaired) electrons. The van der Waals surface area contributed by atoms with E-state index in [1.807, 2.05) is 33.8 Å². The van der Waals surface area contributed by atoms with Crippen molar-refractivity contribution >= 4 is 5.97 Å². The summed E-state index contributed by atoms with van der Waals surface area (Å²) in [7, 11) is 0. The van der Waals surface area contributed by atoms with Crippen molar-refractivity contribution in [3.05, 3.63) is 50.6 Å². The van der Waals surface area contributed by atoms with Gasteiger partial charge in [0.25, 0.3) is 0 Å². The third kappa shape index (κ3) is 57.1. The highest BCUT2D eigenvalue weighted by atomic mass is 16.6. The smallest absolute Gasteiger partial charge is 0.305 e. The van der Waals surface area contributed by atoms with Crippen LogP contribution in [-0.4, -0.2) is 25.3 Å². The molecular weight excluding hydrogens is 324 g/mol. The first kappa shape index (κ1) is 32.1. The minimum Gasteiger partial charge on any atom is -0.463 e. The fourth-order valence-electron chi connectivity index (χ4n) is 1.17. The van der Waals surface area contributed by atoms with Gasteiger partial charge in [-0.25, -0.2) is 0 Å². The molecule has 0 spiro atoms. The van der Waals surface area contributed by atoms with Crippen molar-refractivity contribution in [3.63, 3.8) is 0 Å². The fraction of sp³-hybridized carbons (Fsp3) is 0.609. The molecule has 0 bridgehead atoms. The molecule has 1 aliphatic heterocycles. The van der Waals surface area contributed by atoms with E-state index in [1.54, 1.807) is 18.2 Å². The first-order valence-corrected chi connectivity index (χ1v) is 9.58. The Labute approximate surface area is 163 Å². The highest BCUT2D eigenvalue weighted by Crippen LogP contribution is 2.08. The predicted molar refractivity (Wildman–Crippen MR) is 118 cm³/mol. The van der Waals surface area contributed by atoms with E-state index in [1.165, 1.54) is 25.7 Å². The molecule has 3 nitrogen and oxygen atoms in total. The standard InChI is InChI=1S/C7H12O3.C7H14.3C3H6/c1-2-3-7(8)10-5-6-4-9-6;1-3-5-7-6-4-2;3*1-3-2/h6H,2-5H2,1H3;3H,1,4-7H2,2H3;3*3H,1H2,2H3. The maximum absolute atomic E-state index is 10.7. The van der Waals surface area contributed by atoms with Crippen molar-refractivity contribution in [1.29, 1.82) is 0 Å². The van der Waals surface area contributed by atoms with Crippen molar-refractivity contribution < 1.29 is 14.3 Å². The van der Waals surface area contributed by atoms with Crippen LogP contribution in [0.15, 0.2) is 50.6 Å². The number of rotatable bonds is 8. The lowest BCUT2D eigenvalue weighted by atomic mass is 10.2. The van der Waals surface area contributed by atoms with Gasteiger partial charge in [-0.3, -0.25) is 4.79 Å². The molecule has 1 aliphatic rings. The third-order valence-corrected chi connectivity index (χ3v) is 2.30. The molecule has 0 aromatic carbocycles. The van der Waals surface area contributed by atoms with Gasteiger partial charge in [-0.2, -0.15) is 0 Å². The summed E-state index contributed by atoms with van der Waals surface area (Å²) >= 11 is 0. The Morgan fingerprint density at radius 3 is 1.77 bits per heavy atom. The average molecular weight is 369 g/mol. The normalized spacial score (nSPS) is 12.4. The minimum atomic E-state index is -0.113. The second-order valence-corrected chi connectivity index (χ2v) is 5.40. The van der Waals surface area contributed by atoms with Gasteiger partial charge in [-0.15, -0.1) is 26.3 Å². The Hall–Kier alpha value is -1.61. The summed E-state index contributed by atoms with van der Waals surface area (Å²) in [5, 5.41) is 0. The monoisotopic (exact) mass is 368 g/mol. The molecule has 1 heterocycles. The molecule has 0 aromatic heterocycles. The number of carbonyl (C=O) groups excluding carboxylic acids is 1. The van der Waals surface area contributed by atoms with Crippen molar-refractivity contribution in [2.75, 3.05) is 13.2 Å². The average Bonchev–Trinajstić information content (AvgIpc) is 3.41. The van der Waals surface area contributed by atoms with Crippen LogP contribution in [0.2, 0.25) is 0 Å². The van der Waals surface area contributed by atoms with Crippen LogP contribution < -0.4 is 0 Å². The van der Waals surface area contributed by atoms with E-state index in [4.69, 9.17) is 9.47 Å². The third-order valence-electron chi connectivity index (χ3n) is 2.30. The van der Waals surface area contributed by atoms with Gasteiger partial charge >= 0.3 is 5.97 Å². The fourth-order valence-corrected chi connectivity index (χ4v) is 1.17. The molecule has 1 saturated heterocycles. The molecule has 1 atom stereocenters. The first-order chi connectivity index (χ1) is 12.5. The second kappa shape index (κ2) is 34.7. The van der Waals surface area contributed by atoms with Crippen LogP contribution in [0.25, 0.3) is 0 Å². The van der Waals surface area contributed by atoms with Gasteiger partial charge in [0.15, 0.2) is 0 Å². The van der Waals surface area contributed by atoms with Gasteiger partial charge in [0, 0.05) is 6.42 Å². The lowest BCUT2D eigenvalue weighted by molar-refractivity contribution is -0.144. The number of esters is 1. The minimum absolute atomic E-state index is 0.113. The zero-order valence-corrected chi connectivity index (χ0v) is 18.1. The van der Waals surface area contributed by atoms with E-state index < -0.39 is 0 Å². The van der Waals surface area contributed by atoms with Crippen LogP contribution in [0, 0.1) is 0 Å². The van der Waals surface area contributed by atoms with Gasteiger partial charge in [-0.05, 0) is 40.0 Å². The van der Waals surface area contributed by atoms with Crippen molar-refractivity contribution in [2.45, 2.75) is 79.2 Å². The molecule has 26 heavy (non-hydrogen) atoms. The zero-order chi connectivity index (χ0) is 21.1. The molecular formula is C23H44O3. The predicted octanol–water partition coefficient (Wildman–Crippen LogP) is 7.06. The molecule has 0 aliphatic carbocycles. The molecule has 0 N–H and O–H groups in total. The number of hydrogen-bond donors (Lipinski definition) is 0. The number of carbonyl (C=O) groups is 1. The van der Waals surface area contributed by atoms with E-state index in [0.29, 0.717) is 13.0 Å². The molecule has 1 rings (SSSR count). The van der Waals surface area contributed by atoms with Crippen LogP contribution in [0.1, 0.15) is 73.1 Å². The summed E-state index contributed by atoms with van der Waals surface area (Å²) in [4.78, 5) is 10.7. The van der Waals surface area contributed by atoms with E-state index >= 15 is 0 Å². The largest absolute Gasteiger partial charge is 0.463 e. The Kier molecular flexibility index (Phi) is 42.8. The first-order valence-electron chi connectivity index (χ1n) is 9.58. The molecule has 154 valence electrons. The zero-order valence-electron chi connectivity index (χ0n) is 18.1. The van der Waals surface area contributed by atoms with Crippen LogP contribution in [0.4, 0.5) is 0 Å². The van der Waals surface area contributed by atoms with E-state index in [2.05, 4.69) is 33.2 Å². The molecule has 0 aromatic rings. The summed E-state index contributed by atoms with van der Waals surface area (Å²) in [5.41, 5.74) is 0. The molecule has 1 unspecified atom stereocenters. The number of ether oxygens (including phenoxy) is 2. The molecule has 0 saturated carbocycles. The lowest BCUT2D eigenvalue weighted by Gasteiger charge is -1.99. The van der Waals surface area contributed by atoms with Gasteiger partial charge in [0.05, 0.1) is 6.61 Å². The van der Waals surface area contributed by atoms with Crippen LogP contribution in [-0.2, 0) is 14.3 Å². The van der Waals surface area contributed by atoms with Gasteiger partial charge in [0.1, 0.15) is 12.7 Å². The van der Waals surface area contributed by atoms with E-state index in [0.717, 1.165) is 13.0 Å². The summed E-state index contributed by atoms with van der Waals surface area (Å²) in [6.45, 7) is 24.7. The van der Waals surface area contributed by atoms with Gasteiger partial charge in [-0.1, -0.05) is 51.0 Å². The number of allylic oxidation sites excluding steroid dienone is 4. The molecule has 1 fully saturated rings. The highest BCUT2D eigenvalue weighted by Gasteiger charge is 2.23. The number of unbranched alkanes of at least 4 members (excludes halogenated alkanes) is 3. The SMILES string of the molecule is C=CC.C=CC.C=CC.C=CCCCCC.CCCC(=O)OCC1CO1. The quantitative estimate of drug-likeness (QED) is 0.199. The second-order valence-electron chi connectivity index (χ2n) is 5.40. The summed E-state index contributed by atoms with van der Waals surface area (Å²) < 4.78 is 9.70. The van der Waals surface area contributed by atoms with Crippen LogP contribution in [0.5, 0.6) is 0 Å². The van der Waals surface area contributed by atoms with Crippen molar-refractivity contribution in [3.8, 4) is 0 Å². The Morgan fingerprint density at radius 1 is 1.00 bits per heavy atom. The van der Waals surface area contributed by atoms with E-state index in [9.17, 15) is 4.79 Å². The van der Waals surface area contributed by atoms with Crippen molar-refractivity contribution in [2.24, 2.45) is 0 Å². The Bertz CT molecular complexity index is 290. The number of hydrogen-bond acceptors (Lipinski definition) is 3. The Balaban J connectivity index is -0.000000132. The maximum atomic E-state index is 10.7. The number of epoxide rings is 1. The van der Waals surface area contributed by atoms with Gasteiger partial charge in [0.2, 0.25) is 0 Å². The van der Waals surface area contributed by atoms with Crippen LogP contribution >= 0.6 is 0 Å². The maximum Gasteiger partial charge on any atom is 0.305 e. The van der Waals surface area contributed by atoms with E-state index in [-0.39, 0.29) is 12.1 Å². The molecule has 0 amide bonds.